The molecule has 0 unspecified atom stereocenters. The van der Waals surface area contributed by atoms with Crippen molar-refractivity contribution in [3.63, 3.8) is 0 Å². The normalized spacial score (nSPS) is 14.2. The third kappa shape index (κ3) is 2.51. The molecule has 0 spiro atoms. The highest BCUT2D eigenvalue weighted by atomic mass is 35.5. The zero-order valence-corrected chi connectivity index (χ0v) is 11.8. The summed E-state index contributed by atoms with van der Waals surface area (Å²) in [7, 11) is 0. The van der Waals surface area contributed by atoms with Crippen LogP contribution in [0.4, 0.5) is 5.69 Å². The molecule has 5 nitrogen and oxygen atoms in total. The van der Waals surface area contributed by atoms with E-state index in [9.17, 15) is 4.79 Å². The van der Waals surface area contributed by atoms with Gasteiger partial charge in [0.1, 0.15) is 10.8 Å². The maximum absolute atomic E-state index is 12.0. The first-order chi connectivity index (χ1) is 9.13. The van der Waals surface area contributed by atoms with E-state index in [4.69, 9.17) is 27.9 Å². The standard InChI is InChI=1S/C11H7Cl2N3O2S/c12-6-1-2-8-7(3-6)16(10(17)5-18-8)4-9-14-15-11(13)19-9/h1-3H,4-5H2. The van der Waals surface area contributed by atoms with Crippen LogP contribution in [-0.4, -0.2) is 22.7 Å². The number of anilines is 1. The maximum atomic E-state index is 12.0. The number of hydrogen-bond donors (Lipinski definition) is 0. The predicted molar refractivity (Wildman–Crippen MR) is 73.1 cm³/mol. The van der Waals surface area contributed by atoms with Crippen LogP contribution in [0.5, 0.6) is 5.75 Å². The van der Waals surface area contributed by atoms with Crippen molar-refractivity contribution in [2.24, 2.45) is 0 Å². The molecule has 98 valence electrons. The molecule has 0 N–H and O–H groups in total. The number of aromatic nitrogens is 2. The van der Waals surface area contributed by atoms with Gasteiger partial charge in [0, 0.05) is 5.02 Å². The smallest absolute Gasteiger partial charge is 0.265 e. The largest absolute Gasteiger partial charge is 0.482 e. The van der Waals surface area contributed by atoms with Crippen molar-refractivity contribution >= 4 is 46.1 Å². The molecule has 2 heterocycles. The van der Waals surface area contributed by atoms with E-state index in [1.165, 1.54) is 11.3 Å². The van der Waals surface area contributed by atoms with Gasteiger partial charge in [-0.25, -0.2) is 0 Å². The minimum atomic E-state index is -0.152. The summed E-state index contributed by atoms with van der Waals surface area (Å²) < 4.78 is 5.70. The van der Waals surface area contributed by atoms with E-state index in [1.807, 2.05) is 0 Å². The van der Waals surface area contributed by atoms with Gasteiger partial charge in [0.25, 0.3) is 5.91 Å². The van der Waals surface area contributed by atoms with Crippen LogP contribution in [0.15, 0.2) is 18.2 Å². The van der Waals surface area contributed by atoms with E-state index in [0.29, 0.717) is 32.5 Å². The van der Waals surface area contributed by atoms with Gasteiger partial charge >= 0.3 is 0 Å². The molecule has 1 amide bonds. The van der Waals surface area contributed by atoms with Gasteiger partial charge in [0.05, 0.1) is 12.2 Å². The molecule has 1 aromatic heterocycles. The molecule has 0 bridgehead atoms. The Balaban J connectivity index is 1.96. The van der Waals surface area contributed by atoms with E-state index in [-0.39, 0.29) is 12.5 Å². The minimum Gasteiger partial charge on any atom is -0.482 e. The Bertz CT molecular complexity index is 647. The zero-order valence-electron chi connectivity index (χ0n) is 9.47. The van der Waals surface area contributed by atoms with Crippen molar-refractivity contribution in [3.8, 4) is 5.75 Å². The van der Waals surface area contributed by atoms with Crippen molar-refractivity contribution in [1.29, 1.82) is 0 Å². The fourth-order valence-electron chi connectivity index (χ4n) is 1.78. The molecule has 19 heavy (non-hydrogen) atoms. The second-order valence-corrected chi connectivity index (χ2v) is 5.91. The molecule has 8 heteroatoms. The van der Waals surface area contributed by atoms with E-state index >= 15 is 0 Å². The fourth-order valence-corrected chi connectivity index (χ4v) is 2.80. The van der Waals surface area contributed by atoms with E-state index in [1.54, 1.807) is 23.1 Å². The number of carbonyl (C=O) groups excluding carboxylic acids is 1. The van der Waals surface area contributed by atoms with Crippen molar-refractivity contribution in [2.75, 3.05) is 11.5 Å². The predicted octanol–water partition coefficient (Wildman–Crippen LogP) is 2.77. The van der Waals surface area contributed by atoms with Gasteiger partial charge in [-0.2, -0.15) is 0 Å². The summed E-state index contributed by atoms with van der Waals surface area (Å²) in [6.45, 7) is 0.307. The molecular formula is C11H7Cl2N3O2S. The number of nitrogens with zero attached hydrogens (tertiary/aromatic N) is 3. The number of amides is 1. The van der Waals surface area contributed by atoms with Crippen LogP contribution in [0.1, 0.15) is 5.01 Å². The molecule has 1 aliphatic rings. The number of fused-ring (bicyclic) bond motifs is 1. The monoisotopic (exact) mass is 315 g/mol. The molecule has 0 radical (unpaired) electrons. The minimum absolute atomic E-state index is 0.00116. The quantitative estimate of drug-likeness (QED) is 0.855. The Hall–Kier alpha value is -1.37. The SMILES string of the molecule is O=C1COc2ccc(Cl)cc2N1Cc1nnc(Cl)s1. The number of hydrogen-bond acceptors (Lipinski definition) is 5. The van der Waals surface area contributed by atoms with Crippen LogP contribution in [0.25, 0.3) is 0 Å². The second kappa shape index (κ2) is 4.96. The summed E-state index contributed by atoms with van der Waals surface area (Å²) in [6.07, 6.45) is 0. The number of benzene rings is 1. The Morgan fingerprint density at radius 1 is 1.37 bits per heavy atom. The third-order valence-corrected chi connectivity index (χ3v) is 3.84. The van der Waals surface area contributed by atoms with Gasteiger partial charge in [-0.15, -0.1) is 10.2 Å². The lowest BCUT2D eigenvalue weighted by Crippen LogP contribution is -2.38. The highest BCUT2D eigenvalue weighted by Crippen LogP contribution is 2.35. The first-order valence-electron chi connectivity index (χ1n) is 5.34. The third-order valence-electron chi connectivity index (χ3n) is 2.60. The average Bonchev–Trinajstić information content (AvgIpc) is 2.79. The summed E-state index contributed by atoms with van der Waals surface area (Å²) in [5, 5.41) is 8.83. The molecule has 0 saturated heterocycles. The Labute approximate surface area is 122 Å². The topological polar surface area (TPSA) is 55.3 Å². The molecular weight excluding hydrogens is 309 g/mol. The van der Waals surface area contributed by atoms with Crippen molar-refractivity contribution in [3.05, 3.63) is 32.7 Å². The number of carbonyl (C=O) groups is 1. The Kier molecular flexibility index (Phi) is 3.30. The van der Waals surface area contributed by atoms with Crippen LogP contribution < -0.4 is 9.64 Å². The van der Waals surface area contributed by atoms with Gasteiger partial charge < -0.3 is 4.74 Å². The van der Waals surface area contributed by atoms with Gasteiger partial charge in [0.2, 0.25) is 4.47 Å². The Morgan fingerprint density at radius 3 is 2.95 bits per heavy atom. The summed E-state index contributed by atoms with van der Waals surface area (Å²) in [4.78, 5) is 13.5. The number of halogens is 2. The van der Waals surface area contributed by atoms with Crippen LogP contribution in [-0.2, 0) is 11.3 Å². The fraction of sp³-hybridized carbons (Fsp3) is 0.182. The van der Waals surface area contributed by atoms with Crippen molar-refractivity contribution < 1.29 is 9.53 Å². The maximum Gasteiger partial charge on any atom is 0.265 e. The molecule has 0 atom stereocenters. The molecule has 1 aliphatic heterocycles. The summed E-state index contributed by atoms with van der Waals surface area (Å²) in [6, 6.07) is 5.15. The van der Waals surface area contributed by atoms with Crippen LogP contribution in [0.3, 0.4) is 0 Å². The van der Waals surface area contributed by atoms with E-state index in [2.05, 4.69) is 10.2 Å². The lowest BCUT2D eigenvalue weighted by atomic mass is 10.2. The number of ether oxygens (including phenoxy) is 1. The molecule has 2 aromatic rings. The summed E-state index contributed by atoms with van der Waals surface area (Å²) in [5.74, 6) is 0.473. The number of rotatable bonds is 2. The summed E-state index contributed by atoms with van der Waals surface area (Å²) in [5.41, 5.74) is 0.634. The van der Waals surface area contributed by atoms with Gasteiger partial charge in [-0.3, -0.25) is 9.69 Å². The molecule has 0 fully saturated rings. The molecule has 0 aliphatic carbocycles. The molecule has 0 saturated carbocycles. The second-order valence-electron chi connectivity index (χ2n) is 3.83. The lowest BCUT2D eigenvalue weighted by Gasteiger charge is -2.28. The van der Waals surface area contributed by atoms with Crippen LogP contribution >= 0.6 is 34.5 Å². The van der Waals surface area contributed by atoms with E-state index in [0.717, 1.165) is 0 Å². The van der Waals surface area contributed by atoms with Crippen LogP contribution in [0, 0.1) is 0 Å². The highest BCUT2D eigenvalue weighted by molar-refractivity contribution is 7.15. The first-order valence-corrected chi connectivity index (χ1v) is 6.91. The molecule has 3 rings (SSSR count). The van der Waals surface area contributed by atoms with Gasteiger partial charge in [-0.1, -0.05) is 22.9 Å². The van der Waals surface area contributed by atoms with Crippen molar-refractivity contribution in [1.82, 2.24) is 10.2 Å². The Morgan fingerprint density at radius 2 is 2.21 bits per heavy atom. The van der Waals surface area contributed by atoms with Gasteiger partial charge in [0.15, 0.2) is 6.61 Å². The molecule has 1 aromatic carbocycles. The zero-order chi connectivity index (χ0) is 13.4. The summed E-state index contributed by atoms with van der Waals surface area (Å²) >= 11 is 12.9. The lowest BCUT2D eigenvalue weighted by molar-refractivity contribution is -0.121. The van der Waals surface area contributed by atoms with E-state index < -0.39 is 0 Å². The first kappa shape index (κ1) is 12.7. The highest BCUT2D eigenvalue weighted by Gasteiger charge is 2.26. The van der Waals surface area contributed by atoms with Crippen molar-refractivity contribution in [2.45, 2.75) is 6.54 Å². The average molecular weight is 316 g/mol. The van der Waals surface area contributed by atoms with Gasteiger partial charge in [-0.05, 0) is 29.8 Å². The van der Waals surface area contributed by atoms with Crippen LogP contribution in [0.2, 0.25) is 9.49 Å².